The van der Waals surface area contributed by atoms with Gasteiger partial charge in [0.15, 0.2) is 11.6 Å². The molecule has 1 N–H and O–H groups in total. The van der Waals surface area contributed by atoms with Crippen molar-refractivity contribution >= 4 is 9.84 Å². The minimum Gasteiger partial charge on any atom is -0.494 e. The van der Waals surface area contributed by atoms with Crippen molar-refractivity contribution in [3.63, 3.8) is 0 Å². The SMILES string of the molecule is COc1cc(C(C)NC2CCS(=O)(=O)CC2)ccc1F. The van der Waals surface area contributed by atoms with Crippen molar-refractivity contribution in [2.45, 2.75) is 31.8 Å². The third kappa shape index (κ3) is 3.70. The molecule has 1 aromatic rings. The summed E-state index contributed by atoms with van der Waals surface area (Å²) in [6.45, 7) is 1.98. The molecule has 112 valence electrons. The van der Waals surface area contributed by atoms with Gasteiger partial charge in [0.1, 0.15) is 9.84 Å². The van der Waals surface area contributed by atoms with Gasteiger partial charge in [-0.3, -0.25) is 0 Å². The zero-order valence-electron chi connectivity index (χ0n) is 11.7. The van der Waals surface area contributed by atoms with Crippen LogP contribution in [0.1, 0.15) is 31.4 Å². The van der Waals surface area contributed by atoms with Gasteiger partial charge >= 0.3 is 0 Å². The smallest absolute Gasteiger partial charge is 0.165 e. The van der Waals surface area contributed by atoms with Gasteiger partial charge in [-0.25, -0.2) is 12.8 Å². The summed E-state index contributed by atoms with van der Waals surface area (Å²) >= 11 is 0. The lowest BCUT2D eigenvalue weighted by atomic mass is 10.0. The largest absolute Gasteiger partial charge is 0.494 e. The van der Waals surface area contributed by atoms with Gasteiger partial charge in [0.05, 0.1) is 18.6 Å². The summed E-state index contributed by atoms with van der Waals surface area (Å²) in [6.07, 6.45) is 1.26. The average Bonchev–Trinajstić information content (AvgIpc) is 2.41. The van der Waals surface area contributed by atoms with Crippen molar-refractivity contribution in [2.75, 3.05) is 18.6 Å². The van der Waals surface area contributed by atoms with Crippen LogP contribution in [-0.4, -0.2) is 33.1 Å². The fourth-order valence-electron chi connectivity index (χ4n) is 2.45. The number of ether oxygens (including phenoxy) is 1. The van der Waals surface area contributed by atoms with E-state index in [0.29, 0.717) is 12.8 Å². The number of benzene rings is 1. The number of sulfone groups is 1. The fraction of sp³-hybridized carbons (Fsp3) is 0.571. The second kappa shape index (κ2) is 6.10. The van der Waals surface area contributed by atoms with Gasteiger partial charge in [0.2, 0.25) is 0 Å². The molecule has 1 atom stereocenters. The third-order valence-electron chi connectivity index (χ3n) is 3.72. The van der Waals surface area contributed by atoms with E-state index in [4.69, 9.17) is 4.74 Å². The van der Waals surface area contributed by atoms with E-state index in [9.17, 15) is 12.8 Å². The van der Waals surface area contributed by atoms with E-state index in [2.05, 4.69) is 5.32 Å². The quantitative estimate of drug-likeness (QED) is 0.925. The molecule has 0 aliphatic carbocycles. The predicted octanol–water partition coefficient (Wildman–Crippen LogP) is 2.06. The number of hydrogen-bond acceptors (Lipinski definition) is 4. The van der Waals surface area contributed by atoms with Gasteiger partial charge in [-0.1, -0.05) is 6.07 Å². The molecule has 0 radical (unpaired) electrons. The molecule has 0 saturated carbocycles. The average molecular weight is 301 g/mol. The van der Waals surface area contributed by atoms with Crippen LogP contribution < -0.4 is 10.1 Å². The highest BCUT2D eigenvalue weighted by Gasteiger charge is 2.24. The molecule has 1 heterocycles. The van der Waals surface area contributed by atoms with E-state index < -0.39 is 9.84 Å². The van der Waals surface area contributed by atoms with Crippen molar-refractivity contribution in [1.82, 2.24) is 5.32 Å². The van der Waals surface area contributed by atoms with E-state index in [1.54, 1.807) is 12.1 Å². The normalized spacial score (nSPS) is 20.6. The molecule has 1 aromatic carbocycles. The third-order valence-corrected chi connectivity index (χ3v) is 5.43. The highest BCUT2D eigenvalue weighted by atomic mass is 32.2. The van der Waals surface area contributed by atoms with Crippen LogP contribution in [-0.2, 0) is 9.84 Å². The highest BCUT2D eigenvalue weighted by molar-refractivity contribution is 7.91. The minimum atomic E-state index is -2.84. The van der Waals surface area contributed by atoms with Gasteiger partial charge in [0, 0.05) is 12.1 Å². The Morgan fingerprint density at radius 3 is 2.60 bits per heavy atom. The Labute approximate surface area is 119 Å². The summed E-state index contributed by atoms with van der Waals surface area (Å²) in [7, 11) is -1.41. The molecule has 4 nitrogen and oxygen atoms in total. The molecule has 0 bridgehead atoms. The summed E-state index contributed by atoms with van der Waals surface area (Å²) in [4.78, 5) is 0. The lowest BCUT2D eigenvalue weighted by Crippen LogP contribution is -2.38. The van der Waals surface area contributed by atoms with E-state index in [-0.39, 0.29) is 35.2 Å². The van der Waals surface area contributed by atoms with Crippen LogP contribution in [0.2, 0.25) is 0 Å². The van der Waals surface area contributed by atoms with Crippen molar-refractivity contribution < 1.29 is 17.5 Å². The Hall–Kier alpha value is -1.14. The molecule has 1 unspecified atom stereocenters. The van der Waals surface area contributed by atoms with Crippen molar-refractivity contribution in [1.29, 1.82) is 0 Å². The summed E-state index contributed by atoms with van der Waals surface area (Å²) in [5, 5.41) is 3.40. The van der Waals surface area contributed by atoms with Crippen LogP contribution in [0.15, 0.2) is 18.2 Å². The van der Waals surface area contributed by atoms with Gasteiger partial charge in [-0.15, -0.1) is 0 Å². The van der Waals surface area contributed by atoms with Crippen LogP contribution in [0.5, 0.6) is 5.75 Å². The first kappa shape index (κ1) is 15.3. The lowest BCUT2D eigenvalue weighted by molar-refractivity contribution is 0.382. The number of rotatable bonds is 4. The van der Waals surface area contributed by atoms with Gasteiger partial charge in [-0.2, -0.15) is 0 Å². The molecule has 1 aliphatic rings. The molecular formula is C14H20FNO3S. The minimum absolute atomic E-state index is 0.0234. The molecule has 1 fully saturated rings. The Kier molecular flexibility index (Phi) is 4.65. The maximum atomic E-state index is 13.4. The van der Waals surface area contributed by atoms with Gasteiger partial charge in [-0.05, 0) is 37.5 Å². The molecule has 6 heteroatoms. The zero-order valence-corrected chi connectivity index (χ0v) is 12.5. The molecule has 2 rings (SSSR count). The molecule has 0 aromatic heterocycles. The molecule has 1 saturated heterocycles. The molecule has 1 aliphatic heterocycles. The highest BCUT2D eigenvalue weighted by Crippen LogP contribution is 2.24. The number of methoxy groups -OCH3 is 1. The molecular weight excluding hydrogens is 281 g/mol. The molecule has 0 spiro atoms. The second-order valence-corrected chi connectivity index (χ2v) is 7.51. The number of hydrogen-bond donors (Lipinski definition) is 1. The van der Waals surface area contributed by atoms with Crippen LogP contribution in [0, 0.1) is 5.82 Å². The Balaban J connectivity index is 2.00. The van der Waals surface area contributed by atoms with Gasteiger partial charge in [0.25, 0.3) is 0 Å². The van der Waals surface area contributed by atoms with Crippen LogP contribution in [0.3, 0.4) is 0 Å². The summed E-state index contributed by atoms with van der Waals surface area (Å²) < 4.78 is 41.1. The monoisotopic (exact) mass is 301 g/mol. The lowest BCUT2D eigenvalue weighted by Gasteiger charge is -2.27. The maximum absolute atomic E-state index is 13.4. The van der Waals surface area contributed by atoms with E-state index in [1.807, 2.05) is 6.92 Å². The van der Waals surface area contributed by atoms with Crippen LogP contribution in [0.4, 0.5) is 4.39 Å². The van der Waals surface area contributed by atoms with E-state index in [0.717, 1.165) is 5.56 Å². The summed E-state index contributed by atoms with van der Waals surface area (Å²) in [5.74, 6) is 0.323. The van der Waals surface area contributed by atoms with Crippen LogP contribution >= 0.6 is 0 Å². The first-order valence-electron chi connectivity index (χ1n) is 6.71. The first-order chi connectivity index (χ1) is 9.41. The van der Waals surface area contributed by atoms with E-state index >= 15 is 0 Å². The second-order valence-electron chi connectivity index (χ2n) is 5.21. The number of halogens is 1. The maximum Gasteiger partial charge on any atom is 0.165 e. The van der Waals surface area contributed by atoms with Gasteiger partial charge < -0.3 is 10.1 Å². The standard InChI is InChI=1S/C14H20FNO3S/c1-10(11-3-4-13(15)14(9-11)19-2)16-12-5-7-20(17,18)8-6-12/h3-4,9-10,12,16H,5-8H2,1-2H3. The first-order valence-corrected chi connectivity index (χ1v) is 8.53. The Morgan fingerprint density at radius 2 is 2.00 bits per heavy atom. The summed E-state index contributed by atoms with van der Waals surface area (Å²) in [5.41, 5.74) is 0.927. The zero-order chi connectivity index (χ0) is 14.8. The summed E-state index contributed by atoms with van der Waals surface area (Å²) in [6, 6.07) is 4.99. The van der Waals surface area contributed by atoms with Crippen molar-refractivity contribution in [3.05, 3.63) is 29.6 Å². The van der Waals surface area contributed by atoms with Crippen molar-refractivity contribution in [3.8, 4) is 5.75 Å². The fourth-order valence-corrected chi connectivity index (χ4v) is 3.94. The van der Waals surface area contributed by atoms with Crippen molar-refractivity contribution in [2.24, 2.45) is 0 Å². The predicted molar refractivity (Wildman–Crippen MR) is 76.2 cm³/mol. The topological polar surface area (TPSA) is 55.4 Å². The van der Waals surface area contributed by atoms with Crippen LogP contribution in [0.25, 0.3) is 0 Å². The molecule has 0 amide bonds. The number of nitrogens with one attached hydrogen (secondary N) is 1. The Bertz CT molecular complexity index is 560. The molecule has 20 heavy (non-hydrogen) atoms. The van der Waals surface area contributed by atoms with E-state index in [1.165, 1.54) is 13.2 Å². The Morgan fingerprint density at radius 1 is 1.35 bits per heavy atom.